The van der Waals surface area contributed by atoms with E-state index in [4.69, 9.17) is 4.74 Å². The third-order valence-corrected chi connectivity index (χ3v) is 2.21. The number of fused-ring (bicyclic) bond motifs is 1. The fraction of sp³-hybridized carbons (Fsp3) is 0.0769. The van der Waals surface area contributed by atoms with Crippen LogP contribution in [-0.2, 0) is 4.79 Å². The minimum absolute atomic E-state index is 0.0889. The summed E-state index contributed by atoms with van der Waals surface area (Å²) in [6, 6.07) is 11.7. The zero-order valence-electron chi connectivity index (χ0n) is 8.77. The maximum Gasteiger partial charge on any atom is 0.308 e. The molecule has 0 aliphatic heterocycles. The van der Waals surface area contributed by atoms with Crippen LogP contribution in [-0.4, -0.2) is 5.97 Å². The molecule has 2 aromatic rings. The summed E-state index contributed by atoms with van der Waals surface area (Å²) in [7, 11) is 0. The number of hydrogen-bond acceptors (Lipinski definition) is 3. The quantitative estimate of drug-likeness (QED) is 0.539. The van der Waals surface area contributed by atoms with Gasteiger partial charge >= 0.3 is 5.97 Å². The lowest BCUT2D eigenvalue weighted by molar-refractivity contribution is -0.131. The highest BCUT2D eigenvalue weighted by Crippen LogP contribution is 2.22. The second-order valence-corrected chi connectivity index (χ2v) is 3.39. The normalized spacial score (nSPS) is 10.1. The number of ether oxygens (including phenoxy) is 1. The van der Waals surface area contributed by atoms with Gasteiger partial charge in [0.25, 0.3) is 0 Å². The number of rotatable bonds is 1. The zero-order chi connectivity index (χ0) is 11.5. The molecule has 0 fully saturated rings. The van der Waals surface area contributed by atoms with Crippen LogP contribution in [0.25, 0.3) is 10.8 Å². The molecule has 0 N–H and O–H groups in total. The molecular weight excluding hydrogens is 204 g/mol. The molecule has 0 aliphatic carbocycles. The van der Waals surface area contributed by atoms with E-state index >= 15 is 0 Å². The Morgan fingerprint density at radius 3 is 2.44 bits per heavy atom. The van der Waals surface area contributed by atoms with Crippen LogP contribution in [0.4, 0.5) is 0 Å². The van der Waals surface area contributed by atoms with Gasteiger partial charge in [0.1, 0.15) is 5.75 Å². The summed E-state index contributed by atoms with van der Waals surface area (Å²) in [5, 5.41) is 1.19. The van der Waals surface area contributed by atoms with Gasteiger partial charge in [-0.1, -0.05) is 30.3 Å². The largest absolute Gasteiger partial charge is 0.426 e. The van der Waals surface area contributed by atoms with Crippen LogP contribution >= 0.6 is 0 Å². The molecule has 0 radical (unpaired) electrons. The van der Waals surface area contributed by atoms with Gasteiger partial charge in [0, 0.05) is 17.7 Å². The second-order valence-electron chi connectivity index (χ2n) is 3.39. The van der Waals surface area contributed by atoms with Gasteiger partial charge in [-0.3, -0.25) is 9.59 Å². The highest BCUT2D eigenvalue weighted by Gasteiger charge is 2.04. The smallest absolute Gasteiger partial charge is 0.308 e. The van der Waals surface area contributed by atoms with E-state index < -0.39 is 5.97 Å². The molecule has 0 amide bonds. The summed E-state index contributed by atoms with van der Waals surface area (Å²) in [4.78, 5) is 22.6. The van der Waals surface area contributed by atoms with Crippen molar-refractivity contribution >= 4 is 16.7 Å². The van der Waals surface area contributed by atoms with E-state index in [2.05, 4.69) is 0 Å². The predicted octanol–water partition coefficient (Wildman–Crippen LogP) is 2.13. The first-order valence-electron chi connectivity index (χ1n) is 4.89. The van der Waals surface area contributed by atoms with Crippen molar-refractivity contribution in [1.82, 2.24) is 0 Å². The number of esters is 1. The van der Waals surface area contributed by atoms with Crippen molar-refractivity contribution < 1.29 is 9.53 Å². The maximum atomic E-state index is 11.7. The van der Waals surface area contributed by atoms with Gasteiger partial charge in [-0.15, -0.1) is 0 Å². The first kappa shape index (κ1) is 10.4. The highest BCUT2D eigenvalue weighted by molar-refractivity contribution is 5.89. The molecule has 2 aromatic carbocycles. The summed E-state index contributed by atoms with van der Waals surface area (Å²) in [5.74, 6) is 0.0183. The minimum Gasteiger partial charge on any atom is -0.426 e. The Labute approximate surface area is 92.3 Å². The van der Waals surface area contributed by atoms with E-state index in [1.165, 1.54) is 13.0 Å². The Morgan fingerprint density at radius 2 is 1.69 bits per heavy atom. The second kappa shape index (κ2) is 4.14. The summed E-state index contributed by atoms with van der Waals surface area (Å²) in [5.41, 5.74) is -0.0889. The lowest BCUT2D eigenvalue weighted by atomic mass is 10.1. The molecule has 0 bridgehead atoms. The molecule has 0 unspecified atom stereocenters. The van der Waals surface area contributed by atoms with E-state index in [1.54, 1.807) is 36.4 Å². The average molecular weight is 214 g/mol. The Balaban J connectivity index is 2.79. The molecule has 3 nitrogen and oxygen atoms in total. The number of benzene rings is 1. The van der Waals surface area contributed by atoms with Gasteiger partial charge in [0.05, 0.1) is 0 Å². The van der Waals surface area contributed by atoms with Crippen LogP contribution in [0, 0.1) is 0 Å². The van der Waals surface area contributed by atoms with Crippen LogP contribution in [0.5, 0.6) is 5.75 Å². The predicted molar refractivity (Wildman–Crippen MR) is 61.5 cm³/mol. The van der Waals surface area contributed by atoms with Crippen molar-refractivity contribution in [1.29, 1.82) is 0 Å². The first-order valence-corrected chi connectivity index (χ1v) is 4.89. The van der Waals surface area contributed by atoms with Crippen LogP contribution in [0.2, 0.25) is 0 Å². The van der Waals surface area contributed by atoms with E-state index in [1.807, 2.05) is 0 Å². The standard InChI is InChI=1S/C13H10O3/c1-9(14)16-13-8-4-6-10-11(13)5-2-3-7-12(10)15/h2-8H,1H3. The van der Waals surface area contributed by atoms with Gasteiger partial charge in [-0.2, -0.15) is 0 Å². The molecule has 0 aromatic heterocycles. The Hall–Kier alpha value is -2.16. The van der Waals surface area contributed by atoms with Crippen LogP contribution in [0.15, 0.2) is 47.3 Å². The topological polar surface area (TPSA) is 43.4 Å². The summed E-state index contributed by atoms with van der Waals surface area (Å²) < 4.78 is 5.05. The van der Waals surface area contributed by atoms with Crippen molar-refractivity contribution in [3.05, 3.63) is 52.7 Å². The van der Waals surface area contributed by atoms with E-state index in [0.29, 0.717) is 16.5 Å². The number of hydrogen-bond donors (Lipinski definition) is 0. The Bertz CT molecular complexity index is 602. The summed E-state index contributed by atoms with van der Waals surface area (Å²) in [6.45, 7) is 1.33. The van der Waals surface area contributed by atoms with Crippen LogP contribution < -0.4 is 10.2 Å². The van der Waals surface area contributed by atoms with Crippen molar-refractivity contribution in [2.24, 2.45) is 0 Å². The monoisotopic (exact) mass is 214 g/mol. The minimum atomic E-state index is -0.397. The van der Waals surface area contributed by atoms with Crippen molar-refractivity contribution in [3.8, 4) is 5.75 Å². The fourth-order valence-corrected chi connectivity index (χ4v) is 1.56. The molecular formula is C13H10O3. The van der Waals surface area contributed by atoms with Crippen LogP contribution in [0.3, 0.4) is 0 Å². The lowest BCUT2D eigenvalue weighted by Gasteiger charge is -2.02. The molecule has 0 atom stereocenters. The SMILES string of the molecule is CC(=O)Oc1cccc2c(=O)ccccc12. The van der Waals surface area contributed by atoms with E-state index in [0.717, 1.165) is 0 Å². The highest BCUT2D eigenvalue weighted by atomic mass is 16.5. The molecule has 0 spiro atoms. The molecule has 80 valence electrons. The fourth-order valence-electron chi connectivity index (χ4n) is 1.56. The molecule has 0 heterocycles. The van der Waals surface area contributed by atoms with Crippen molar-refractivity contribution in [3.63, 3.8) is 0 Å². The van der Waals surface area contributed by atoms with Gasteiger partial charge in [0.2, 0.25) is 0 Å². The average Bonchev–Trinajstić information content (AvgIpc) is 2.41. The molecule has 0 aliphatic rings. The van der Waals surface area contributed by atoms with Gasteiger partial charge in [-0.25, -0.2) is 0 Å². The van der Waals surface area contributed by atoms with Gasteiger partial charge in [0.15, 0.2) is 5.43 Å². The van der Waals surface area contributed by atoms with E-state index in [-0.39, 0.29) is 5.43 Å². The van der Waals surface area contributed by atoms with Gasteiger partial charge in [-0.05, 0) is 12.1 Å². The Kier molecular flexibility index (Phi) is 2.68. The maximum absolute atomic E-state index is 11.7. The third kappa shape index (κ3) is 1.93. The number of carbonyl (C=O) groups is 1. The summed E-state index contributed by atoms with van der Waals surface area (Å²) in [6.07, 6.45) is 0. The van der Waals surface area contributed by atoms with Gasteiger partial charge < -0.3 is 4.74 Å². The van der Waals surface area contributed by atoms with E-state index in [9.17, 15) is 9.59 Å². The number of carbonyl (C=O) groups excluding carboxylic acids is 1. The van der Waals surface area contributed by atoms with Crippen molar-refractivity contribution in [2.75, 3.05) is 0 Å². The lowest BCUT2D eigenvalue weighted by Crippen LogP contribution is -2.02. The molecule has 0 saturated carbocycles. The first-order chi connectivity index (χ1) is 7.68. The third-order valence-electron chi connectivity index (χ3n) is 2.21. The molecule has 16 heavy (non-hydrogen) atoms. The van der Waals surface area contributed by atoms with Crippen molar-refractivity contribution in [2.45, 2.75) is 6.92 Å². The summed E-state index contributed by atoms with van der Waals surface area (Å²) >= 11 is 0. The Morgan fingerprint density at radius 1 is 1.00 bits per heavy atom. The van der Waals surface area contributed by atoms with Crippen LogP contribution in [0.1, 0.15) is 6.92 Å². The zero-order valence-corrected chi connectivity index (χ0v) is 8.77. The molecule has 0 saturated heterocycles. The molecule has 2 rings (SSSR count). The molecule has 3 heteroatoms.